The topological polar surface area (TPSA) is 89.2 Å². The van der Waals surface area contributed by atoms with Crippen molar-refractivity contribution in [1.29, 1.82) is 0 Å². The van der Waals surface area contributed by atoms with Gasteiger partial charge < -0.3 is 23.7 Å². The molecule has 9 heteroatoms. The number of fused-ring (bicyclic) bond motifs is 2. The van der Waals surface area contributed by atoms with Crippen molar-refractivity contribution in [2.45, 2.75) is 6.10 Å². The Bertz CT molecular complexity index is 1260. The van der Waals surface area contributed by atoms with Crippen LogP contribution in [-0.4, -0.2) is 47.5 Å². The van der Waals surface area contributed by atoms with Crippen LogP contribution >= 0.6 is 0 Å². The molecule has 31 heavy (non-hydrogen) atoms. The average molecular weight is 420 g/mol. The fourth-order valence-corrected chi connectivity index (χ4v) is 3.60. The lowest BCUT2D eigenvalue weighted by Crippen LogP contribution is -2.22. The SMILES string of the molecule is COc1ccc(-c2ccnc3nc([C@@H]4COc5ccccc5O4)nn23)c(OC)c1OC. The van der Waals surface area contributed by atoms with E-state index in [1.807, 2.05) is 42.5 Å². The molecule has 0 N–H and O–H groups in total. The van der Waals surface area contributed by atoms with Gasteiger partial charge in [0.2, 0.25) is 5.75 Å². The van der Waals surface area contributed by atoms with Crippen molar-refractivity contribution in [1.82, 2.24) is 19.6 Å². The summed E-state index contributed by atoms with van der Waals surface area (Å²) in [6.45, 7) is 0.308. The van der Waals surface area contributed by atoms with Gasteiger partial charge in [-0.2, -0.15) is 9.50 Å². The minimum Gasteiger partial charge on any atom is -0.493 e. The van der Waals surface area contributed by atoms with Crippen LogP contribution in [0.5, 0.6) is 28.7 Å². The average Bonchev–Trinajstić information content (AvgIpc) is 3.27. The van der Waals surface area contributed by atoms with Gasteiger partial charge in [-0.25, -0.2) is 4.98 Å². The molecule has 0 bridgehead atoms. The van der Waals surface area contributed by atoms with Crippen LogP contribution < -0.4 is 23.7 Å². The maximum absolute atomic E-state index is 6.05. The van der Waals surface area contributed by atoms with Gasteiger partial charge in [-0.15, -0.1) is 5.10 Å². The molecule has 0 fully saturated rings. The fraction of sp³-hybridized carbons (Fsp3) is 0.227. The highest BCUT2D eigenvalue weighted by molar-refractivity contribution is 5.75. The zero-order valence-electron chi connectivity index (χ0n) is 17.2. The zero-order chi connectivity index (χ0) is 21.4. The summed E-state index contributed by atoms with van der Waals surface area (Å²) in [5, 5.41) is 4.67. The molecule has 158 valence electrons. The summed E-state index contributed by atoms with van der Waals surface area (Å²) < 4.78 is 30.1. The molecule has 1 aliphatic rings. The lowest BCUT2D eigenvalue weighted by molar-refractivity contribution is 0.0852. The molecule has 0 amide bonds. The van der Waals surface area contributed by atoms with Crippen molar-refractivity contribution in [2.24, 2.45) is 0 Å². The number of rotatable bonds is 5. The first-order chi connectivity index (χ1) is 15.2. The lowest BCUT2D eigenvalue weighted by Gasteiger charge is -2.24. The van der Waals surface area contributed by atoms with E-state index in [2.05, 4.69) is 15.1 Å². The van der Waals surface area contributed by atoms with Crippen LogP contribution in [-0.2, 0) is 0 Å². The van der Waals surface area contributed by atoms with Gasteiger partial charge >= 0.3 is 0 Å². The van der Waals surface area contributed by atoms with Crippen LogP contribution in [0.25, 0.3) is 17.0 Å². The molecule has 5 rings (SSSR count). The Labute approximate surface area is 178 Å². The first-order valence-electron chi connectivity index (χ1n) is 9.63. The Hall–Kier alpha value is -4.01. The van der Waals surface area contributed by atoms with E-state index in [0.717, 1.165) is 11.3 Å². The van der Waals surface area contributed by atoms with Crippen LogP contribution in [0.15, 0.2) is 48.7 Å². The third-order valence-electron chi connectivity index (χ3n) is 5.03. The van der Waals surface area contributed by atoms with Gasteiger partial charge in [0, 0.05) is 11.8 Å². The van der Waals surface area contributed by atoms with Gasteiger partial charge in [-0.05, 0) is 30.3 Å². The molecule has 0 spiro atoms. The Morgan fingerprint density at radius 1 is 0.935 bits per heavy atom. The first kappa shape index (κ1) is 19.0. The number of hydrogen-bond acceptors (Lipinski definition) is 8. The summed E-state index contributed by atoms with van der Waals surface area (Å²) in [7, 11) is 4.73. The van der Waals surface area contributed by atoms with Crippen molar-refractivity contribution < 1.29 is 23.7 Å². The minimum atomic E-state index is -0.447. The Balaban J connectivity index is 1.59. The molecule has 0 radical (unpaired) electrons. The standard InChI is InChI=1S/C22H20N4O5/c1-27-17-9-8-13(19(28-2)20(17)29-3)14-10-11-23-22-24-21(25-26(14)22)18-12-30-15-6-4-5-7-16(15)31-18/h4-11,18H,12H2,1-3H3/t18-/m0/s1. The number of nitrogens with zero attached hydrogens (tertiary/aromatic N) is 4. The summed E-state index contributed by atoms with van der Waals surface area (Å²) in [5.74, 6) is 3.87. The highest BCUT2D eigenvalue weighted by atomic mass is 16.6. The maximum atomic E-state index is 6.05. The quantitative estimate of drug-likeness (QED) is 0.486. The number of aromatic nitrogens is 4. The highest BCUT2D eigenvalue weighted by Gasteiger charge is 2.27. The number of methoxy groups -OCH3 is 3. The van der Waals surface area contributed by atoms with Gasteiger partial charge in [0.25, 0.3) is 5.78 Å². The van der Waals surface area contributed by atoms with Crippen LogP contribution in [0.1, 0.15) is 11.9 Å². The first-order valence-corrected chi connectivity index (χ1v) is 9.63. The van der Waals surface area contributed by atoms with Gasteiger partial charge in [0.15, 0.2) is 34.9 Å². The largest absolute Gasteiger partial charge is 0.493 e. The molecule has 0 saturated carbocycles. The second-order valence-electron chi connectivity index (χ2n) is 6.76. The smallest absolute Gasteiger partial charge is 0.253 e. The van der Waals surface area contributed by atoms with Crippen LogP contribution in [0.4, 0.5) is 0 Å². The number of benzene rings is 2. The van der Waals surface area contributed by atoms with E-state index in [1.165, 1.54) is 0 Å². The third kappa shape index (κ3) is 3.14. The number of para-hydroxylation sites is 2. The zero-order valence-corrected chi connectivity index (χ0v) is 17.2. The molecule has 3 heterocycles. The van der Waals surface area contributed by atoms with Crippen molar-refractivity contribution >= 4 is 5.78 Å². The number of hydrogen-bond donors (Lipinski definition) is 0. The molecule has 2 aromatic carbocycles. The molecule has 4 aromatic rings. The van der Waals surface area contributed by atoms with Gasteiger partial charge in [-0.3, -0.25) is 0 Å². The summed E-state index contributed by atoms with van der Waals surface area (Å²) in [6, 6.07) is 13.1. The van der Waals surface area contributed by atoms with E-state index in [1.54, 1.807) is 32.0 Å². The normalized spacial score (nSPS) is 15.0. The van der Waals surface area contributed by atoms with Gasteiger partial charge in [0.1, 0.15) is 6.61 Å². The molecular weight excluding hydrogens is 400 g/mol. The summed E-state index contributed by atoms with van der Waals surface area (Å²) in [5.41, 5.74) is 1.49. The summed E-state index contributed by atoms with van der Waals surface area (Å²) >= 11 is 0. The molecule has 9 nitrogen and oxygen atoms in total. The van der Waals surface area contributed by atoms with E-state index in [9.17, 15) is 0 Å². The summed E-state index contributed by atoms with van der Waals surface area (Å²) in [4.78, 5) is 8.92. The second-order valence-corrected chi connectivity index (χ2v) is 6.76. The lowest BCUT2D eigenvalue weighted by atomic mass is 10.1. The molecule has 1 aliphatic heterocycles. The van der Waals surface area contributed by atoms with E-state index >= 15 is 0 Å². The second kappa shape index (κ2) is 7.67. The van der Waals surface area contributed by atoms with Crippen molar-refractivity contribution in [2.75, 3.05) is 27.9 Å². The van der Waals surface area contributed by atoms with E-state index < -0.39 is 6.10 Å². The minimum absolute atomic E-state index is 0.308. The van der Waals surface area contributed by atoms with Crippen LogP contribution in [0.3, 0.4) is 0 Å². The predicted molar refractivity (Wildman–Crippen MR) is 111 cm³/mol. The molecular formula is C22H20N4O5. The monoisotopic (exact) mass is 420 g/mol. The van der Waals surface area contributed by atoms with Crippen molar-refractivity contribution in [3.8, 4) is 40.0 Å². The van der Waals surface area contributed by atoms with E-state index in [0.29, 0.717) is 47.0 Å². The van der Waals surface area contributed by atoms with Gasteiger partial charge in [-0.1, -0.05) is 12.1 Å². The Kier molecular flexibility index (Phi) is 4.70. The van der Waals surface area contributed by atoms with Crippen LogP contribution in [0, 0.1) is 0 Å². The van der Waals surface area contributed by atoms with Crippen LogP contribution in [0.2, 0.25) is 0 Å². The Morgan fingerprint density at radius 2 is 1.74 bits per heavy atom. The highest BCUT2D eigenvalue weighted by Crippen LogP contribution is 2.44. The molecule has 0 saturated heterocycles. The Morgan fingerprint density at radius 3 is 2.52 bits per heavy atom. The van der Waals surface area contributed by atoms with Crippen molar-refractivity contribution in [3.63, 3.8) is 0 Å². The van der Waals surface area contributed by atoms with Gasteiger partial charge in [0.05, 0.1) is 27.0 Å². The van der Waals surface area contributed by atoms with E-state index in [4.69, 9.17) is 23.7 Å². The molecule has 0 aliphatic carbocycles. The predicted octanol–water partition coefficient (Wildman–Crippen LogP) is 3.33. The fourth-order valence-electron chi connectivity index (χ4n) is 3.60. The summed E-state index contributed by atoms with van der Waals surface area (Å²) in [6.07, 6.45) is 1.23. The number of ether oxygens (including phenoxy) is 5. The van der Waals surface area contributed by atoms with Crippen molar-refractivity contribution in [3.05, 3.63) is 54.5 Å². The molecule has 0 unspecified atom stereocenters. The van der Waals surface area contributed by atoms with E-state index in [-0.39, 0.29) is 0 Å². The molecule has 2 aromatic heterocycles. The maximum Gasteiger partial charge on any atom is 0.253 e. The molecule has 1 atom stereocenters. The third-order valence-corrected chi connectivity index (χ3v) is 5.03.